The van der Waals surface area contributed by atoms with Crippen molar-refractivity contribution in [1.29, 1.82) is 0 Å². The molecule has 0 bridgehead atoms. The van der Waals surface area contributed by atoms with Gasteiger partial charge >= 0.3 is 0 Å². The summed E-state index contributed by atoms with van der Waals surface area (Å²) < 4.78 is 1.69. The Morgan fingerprint density at radius 2 is 2.12 bits per heavy atom. The van der Waals surface area contributed by atoms with Crippen LogP contribution >= 0.6 is 0 Å². The molecule has 2 saturated heterocycles. The van der Waals surface area contributed by atoms with Gasteiger partial charge in [-0.15, -0.1) is 0 Å². The van der Waals surface area contributed by atoms with Gasteiger partial charge in [-0.3, -0.25) is 14.3 Å². The molecule has 1 spiro atoms. The molecule has 0 N–H and O–H groups in total. The molecule has 25 heavy (non-hydrogen) atoms. The van der Waals surface area contributed by atoms with E-state index in [1.165, 1.54) is 19.3 Å². The first-order valence-electron chi connectivity index (χ1n) is 9.63. The first-order valence-corrected chi connectivity index (χ1v) is 9.63. The Hall–Kier alpha value is -1.85. The molecule has 3 fully saturated rings. The number of aromatic nitrogens is 2. The Morgan fingerprint density at radius 1 is 1.28 bits per heavy atom. The zero-order valence-corrected chi connectivity index (χ0v) is 15.1. The van der Waals surface area contributed by atoms with E-state index in [1.807, 2.05) is 24.1 Å². The Morgan fingerprint density at radius 3 is 2.80 bits per heavy atom. The zero-order chi connectivity index (χ0) is 17.4. The fourth-order valence-electron chi connectivity index (χ4n) is 4.57. The molecule has 2 aliphatic heterocycles. The van der Waals surface area contributed by atoms with Crippen molar-refractivity contribution in [2.75, 3.05) is 26.2 Å². The Labute approximate surface area is 149 Å². The minimum absolute atomic E-state index is 0.0730. The lowest BCUT2D eigenvalue weighted by molar-refractivity contribution is -0.147. The molecular formula is C19H28N4O2. The van der Waals surface area contributed by atoms with Crippen LogP contribution in [-0.4, -0.2) is 57.6 Å². The monoisotopic (exact) mass is 344 g/mol. The molecule has 1 unspecified atom stereocenters. The second-order valence-corrected chi connectivity index (χ2v) is 8.15. The van der Waals surface area contributed by atoms with Crippen molar-refractivity contribution >= 4 is 11.8 Å². The third kappa shape index (κ3) is 3.18. The highest BCUT2D eigenvalue weighted by Gasteiger charge is 2.49. The van der Waals surface area contributed by atoms with E-state index in [1.54, 1.807) is 4.68 Å². The van der Waals surface area contributed by atoms with Crippen LogP contribution in [0.15, 0.2) is 12.3 Å². The van der Waals surface area contributed by atoms with Crippen LogP contribution < -0.4 is 0 Å². The standard InChI is InChI=1S/C19H28N4O2/c1-15-6-10-23(20-15)13-17(24)22-11-8-19(14-22)7-3-9-21(18(19)25)12-16-4-2-5-16/h6,10,16H,2-5,7-9,11-14H2,1H3. The van der Waals surface area contributed by atoms with E-state index in [2.05, 4.69) is 10.00 Å². The molecule has 136 valence electrons. The van der Waals surface area contributed by atoms with Crippen LogP contribution in [0.1, 0.15) is 44.2 Å². The maximum Gasteiger partial charge on any atom is 0.244 e. The van der Waals surface area contributed by atoms with Crippen LogP contribution in [0, 0.1) is 18.3 Å². The smallest absolute Gasteiger partial charge is 0.244 e. The SMILES string of the molecule is Cc1ccn(CC(=O)N2CCC3(CCCN(CC4CCC4)C3=O)C2)n1. The molecule has 3 aliphatic rings. The molecule has 6 nitrogen and oxygen atoms in total. The van der Waals surface area contributed by atoms with Crippen LogP contribution in [0.3, 0.4) is 0 Å². The molecule has 1 aliphatic carbocycles. The van der Waals surface area contributed by atoms with Crippen molar-refractivity contribution < 1.29 is 9.59 Å². The van der Waals surface area contributed by atoms with Crippen molar-refractivity contribution in [2.24, 2.45) is 11.3 Å². The number of hydrogen-bond donors (Lipinski definition) is 0. The van der Waals surface area contributed by atoms with Gasteiger partial charge in [0.15, 0.2) is 0 Å². The summed E-state index contributed by atoms with van der Waals surface area (Å²) in [6.07, 6.45) is 8.50. The lowest BCUT2D eigenvalue weighted by atomic mass is 9.77. The highest BCUT2D eigenvalue weighted by atomic mass is 16.2. The number of nitrogens with zero attached hydrogens (tertiary/aromatic N) is 4. The molecule has 0 aromatic carbocycles. The van der Waals surface area contributed by atoms with Crippen molar-refractivity contribution in [2.45, 2.75) is 52.0 Å². The first kappa shape index (κ1) is 16.6. The average molecular weight is 344 g/mol. The van der Waals surface area contributed by atoms with E-state index in [0.717, 1.165) is 38.0 Å². The maximum absolute atomic E-state index is 13.1. The highest BCUT2D eigenvalue weighted by Crippen LogP contribution is 2.41. The van der Waals surface area contributed by atoms with E-state index < -0.39 is 0 Å². The molecule has 6 heteroatoms. The zero-order valence-electron chi connectivity index (χ0n) is 15.1. The van der Waals surface area contributed by atoms with E-state index in [0.29, 0.717) is 24.9 Å². The summed E-state index contributed by atoms with van der Waals surface area (Å²) in [5.74, 6) is 1.08. The Bertz CT molecular complexity index is 666. The van der Waals surface area contributed by atoms with Gasteiger partial charge in [0.2, 0.25) is 11.8 Å². The second-order valence-electron chi connectivity index (χ2n) is 8.15. The van der Waals surface area contributed by atoms with Gasteiger partial charge in [0.25, 0.3) is 0 Å². The quantitative estimate of drug-likeness (QED) is 0.837. The number of amides is 2. The van der Waals surface area contributed by atoms with Gasteiger partial charge < -0.3 is 9.80 Å². The molecule has 1 saturated carbocycles. The van der Waals surface area contributed by atoms with Crippen molar-refractivity contribution in [3.63, 3.8) is 0 Å². The minimum Gasteiger partial charge on any atom is -0.342 e. The molecule has 2 amide bonds. The van der Waals surface area contributed by atoms with Crippen molar-refractivity contribution in [3.05, 3.63) is 18.0 Å². The highest BCUT2D eigenvalue weighted by molar-refractivity contribution is 5.86. The normalized spacial score (nSPS) is 27.2. The summed E-state index contributed by atoms with van der Waals surface area (Å²) in [6, 6.07) is 1.90. The van der Waals surface area contributed by atoms with Gasteiger partial charge in [0.1, 0.15) is 6.54 Å². The largest absolute Gasteiger partial charge is 0.342 e. The first-order chi connectivity index (χ1) is 12.1. The van der Waals surface area contributed by atoms with Crippen molar-refractivity contribution in [3.8, 4) is 0 Å². The third-order valence-corrected chi connectivity index (χ3v) is 6.31. The predicted molar refractivity (Wildman–Crippen MR) is 93.7 cm³/mol. The number of carbonyl (C=O) groups is 2. The molecule has 0 radical (unpaired) electrons. The fourth-order valence-corrected chi connectivity index (χ4v) is 4.57. The molecule has 1 aromatic heterocycles. The molecule has 1 atom stereocenters. The number of aryl methyl sites for hydroxylation is 1. The van der Waals surface area contributed by atoms with E-state index in [-0.39, 0.29) is 17.9 Å². The number of piperidine rings is 1. The Kier molecular flexibility index (Phi) is 4.29. The van der Waals surface area contributed by atoms with Gasteiger partial charge in [-0.1, -0.05) is 6.42 Å². The molecule has 3 heterocycles. The van der Waals surface area contributed by atoms with Gasteiger partial charge in [-0.25, -0.2) is 0 Å². The van der Waals surface area contributed by atoms with E-state index in [9.17, 15) is 9.59 Å². The van der Waals surface area contributed by atoms with Crippen LogP contribution in [0.25, 0.3) is 0 Å². The fraction of sp³-hybridized carbons (Fsp3) is 0.737. The molecular weight excluding hydrogens is 316 g/mol. The van der Waals surface area contributed by atoms with Gasteiger partial charge in [-0.2, -0.15) is 5.10 Å². The topological polar surface area (TPSA) is 58.4 Å². The van der Waals surface area contributed by atoms with Crippen LogP contribution in [0.5, 0.6) is 0 Å². The average Bonchev–Trinajstić information content (AvgIpc) is 3.15. The van der Waals surface area contributed by atoms with E-state index in [4.69, 9.17) is 0 Å². The Balaban J connectivity index is 1.39. The lowest BCUT2D eigenvalue weighted by Crippen LogP contribution is -2.52. The van der Waals surface area contributed by atoms with Crippen LogP contribution in [0.4, 0.5) is 0 Å². The van der Waals surface area contributed by atoms with Gasteiger partial charge in [0, 0.05) is 32.4 Å². The number of rotatable bonds is 4. The second kappa shape index (κ2) is 6.46. The summed E-state index contributed by atoms with van der Waals surface area (Å²) in [4.78, 5) is 29.7. The summed E-state index contributed by atoms with van der Waals surface area (Å²) in [5, 5.41) is 4.30. The van der Waals surface area contributed by atoms with Crippen LogP contribution in [-0.2, 0) is 16.1 Å². The minimum atomic E-state index is -0.322. The molecule has 1 aromatic rings. The summed E-state index contributed by atoms with van der Waals surface area (Å²) >= 11 is 0. The van der Waals surface area contributed by atoms with Gasteiger partial charge in [-0.05, 0) is 51.0 Å². The number of carbonyl (C=O) groups excluding carboxylic acids is 2. The van der Waals surface area contributed by atoms with E-state index >= 15 is 0 Å². The molecule has 4 rings (SSSR count). The van der Waals surface area contributed by atoms with Crippen molar-refractivity contribution in [1.82, 2.24) is 19.6 Å². The predicted octanol–water partition coefficient (Wildman–Crippen LogP) is 1.83. The maximum atomic E-state index is 13.1. The summed E-state index contributed by atoms with van der Waals surface area (Å²) in [5.41, 5.74) is 0.595. The number of hydrogen-bond acceptors (Lipinski definition) is 3. The lowest BCUT2D eigenvalue weighted by Gasteiger charge is -2.42. The van der Waals surface area contributed by atoms with Crippen LogP contribution in [0.2, 0.25) is 0 Å². The summed E-state index contributed by atoms with van der Waals surface area (Å²) in [6.45, 7) is 5.31. The number of likely N-dealkylation sites (tertiary alicyclic amines) is 2. The third-order valence-electron chi connectivity index (χ3n) is 6.31. The van der Waals surface area contributed by atoms with Gasteiger partial charge in [0.05, 0.1) is 11.1 Å². The summed E-state index contributed by atoms with van der Waals surface area (Å²) in [7, 11) is 0.